The molecule has 0 aromatic carbocycles. The van der Waals surface area contributed by atoms with Crippen molar-refractivity contribution in [1.82, 2.24) is 0 Å². The van der Waals surface area contributed by atoms with Crippen molar-refractivity contribution in [3.63, 3.8) is 0 Å². The van der Waals surface area contributed by atoms with Gasteiger partial charge in [0.25, 0.3) is 0 Å². The molecule has 3 unspecified atom stereocenters. The van der Waals surface area contributed by atoms with Crippen molar-refractivity contribution in [3.8, 4) is 0 Å². The van der Waals surface area contributed by atoms with Crippen molar-refractivity contribution in [3.05, 3.63) is 0 Å². The minimum atomic E-state index is 0.102. The van der Waals surface area contributed by atoms with E-state index < -0.39 is 0 Å². The molecule has 1 nitrogen and oxygen atoms in total. The van der Waals surface area contributed by atoms with Crippen LogP contribution in [0.2, 0.25) is 0 Å². The molecule has 2 fully saturated rings. The highest BCUT2D eigenvalue weighted by Gasteiger charge is 2.48. The van der Waals surface area contributed by atoms with E-state index in [-0.39, 0.29) is 5.41 Å². The minimum Gasteiger partial charge on any atom is -0.299 e. The average Bonchev–Trinajstić information content (AvgIpc) is 2.89. The van der Waals surface area contributed by atoms with Crippen LogP contribution >= 0.6 is 0 Å². The number of rotatable bonds is 2. The van der Waals surface area contributed by atoms with Crippen LogP contribution in [0, 0.1) is 23.2 Å². The Bertz CT molecular complexity index is 240. The van der Waals surface area contributed by atoms with E-state index in [1.54, 1.807) is 0 Å². The molecule has 0 aromatic rings. The molecule has 0 spiro atoms. The largest absolute Gasteiger partial charge is 0.299 e. The van der Waals surface area contributed by atoms with Crippen LogP contribution in [0.3, 0.4) is 0 Å². The molecule has 0 aliphatic heterocycles. The number of ketones is 1. The molecule has 3 atom stereocenters. The van der Waals surface area contributed by atoms with E-state index in [0.717, 1.165) is 37.5 Å². The quantitative estimate of drug-likeness (QED) is 0.658. The first kappa shape index (κ1) is 10.2. The zero-order valence-corrected chi connectivity index (χ0v) is 9.68. The van der Waals surface area contributed by atoms with Gasteiger partial charge in [-0.25, -0.2) is 0 Å². The third-order valence-electron chi connectivity index (χ3n) is 4.56. The van der Waals surface area contributed by atoms with Gasteiger partial charge in [0, 0.05) is 11.3 Å². The van der Waals surface area contributed by atoms with Gasteiger partial charge in [0.05, 0.1) is 0 Å². The lowest BCUT2D eigenvalue weighted by Crippen LogP contribution is -2.30. The lowest BCUT2D eigenvalue weighted by atomic mass is 9.72. The summed E-state index contributed by atoms with van der Waals surface area (Å²) < 4.78 is 0. The summed E-state index contributed by atoms with van der Waals surface area (Å²) in [6.45, 7) is 6.78. The Balaban J connectivity index is 1.96. The van der Waals surface area contributed by atoms with Crippen molar-refractivity contribution in [2.24, 2.45) is 23.2 Å². The number of hydrogen-bond donors (Lipinski definition) is 0. The van der Waals surface area contributed by atoms with Crippen LogP contribution in [0.1, 0.15) is 52.9 Å². The van der Waals surface area contributed by atoms with Crippen LogP contribution in [0.5, 0.6) is 0 Å². The van der Waals surface area contributed by atoms with Crippen LogP contribution in [0.25, 0.3) is 0 Å². The smallest absolute Gasteiger partial charge is 0.141 e. The normalized spacial score (nSPS) is 40.6. The zero-order valence-electron chi connectivity index (χ0n) is 9.68. The first-order valence-corrected chi connectivity index (χ1v) is 6.07. The second kappa shape index (κ2) is 3.36. The topological polar surface area (TPSA) is 17.1 Å². The monoisotopic (exact) mass is 194 g/mol. The fraction of sp³-hybridized carbons (Fsp3) is 0.923. The molecule has 1 heteroatoms. The summed E-state index contributed by atoms with van der Waals surface area (Å²) >= 11 is 0. The van der Waals surface area contributed by atoms with Crippen LogP contribution in [-0.4, -0.2) is 5.78 Å². The van der Waals surface area contributed by atoms with E-state index in [4.69, 9.17) is 0 Å². The lowest BCUT2D eigenvalue weighted by molar-refractivity contribution is -0.129. The number of carbonyl (C=O) groups excluding carboxylic acids is 1. The number of Topliss-reactive ketones (excluding diaryl/α,β-unsaturated/α-hetero) is 1. The van der Waals surface area contributed by atoms with Gasteiger partial charge in [-0.2, -0.15) is 0 Å². The molecule has 80 valence electrons. The molecule has 0 bridgehead atoms. The van der Waals surface area contributed by atoms with Crippen molar-refractivity contribution < 1.29 is 4.79 Å². The highest BCUT2D eigenvalue weighted by Crippen LogP contribution is 2.50. The van der Waals surface area contributed by atoms with E-state index >= 15 is 0 Å². The second-order valence-electron chi connectivity index (χ2n) is 5.89. The van der Waals surface area contributed by atoms with Crippen molar-refractivity contribution >= 4 is 5.78 Å². The van der Waals surface area contributed by atoms with Gasteiger partial charge in [-0.05, 0) is 43.9 Å². The summed E-state index contributed by atoms with van der Waals surface area (Å²) in [4.78, 5) is 12.1. The standard InChI is InChI=1S/C13H22O/c1-9-4-5-11(8-10(9)2)12(14)13(3)6-7-13/h9-11H,4-8H2,1-3H3. The minimum absolute atomic E-state index is 0.102. The van der Waals surface area contributed by atoms with Gasteiger partial charge in [-0.1, -0.05) is 20.8 Å². The molecule has 0 radical (unpaired) electrons. The third-order valence-corrected chi connectivity index (χ3v) is 4.56. The van der Waals surface area contributed by atoms with Gasteiger partial charge >= 0.3 is 0 Å². The molecule has 2 saturated carbocycles. The Morgan fingerprint density at radius 2 is 1.79 bits per heavy atom. The first-order valence-electron chi connectivity index (χ1n) is 6.07. The maximum Gasteiger partial charge on any atom is 0.141 e. The van der Waals surface area contributed by atoms with Gasteiger partial charge in [0.2, 0.25) is 0 Å². The molecular formula is C13H22O. The maximum absolute atomic E-state index is 12.1. The van der Waals surface area contributed by atoms with E-state index in [2.05, 4.69) is 20.8 Å². The molecule has 0 aromatic heterocycles. The Hall–Kier alpha value is -0.330. The molecule has 0 heterocycles. The molecule has 0 amide bonds. The SMILES string of the molecule is CC1CCC(C(=O)C2(C)CC2)CC1C. The summed E-state index contributed by atoms with van der Waals surface area (Å²) in [7, 11) is 0. The first-order chi connectivity index (χ1) is 6.53. The van der Waals surface area contributed by atoms with Crippen LogP contribution in [0.15, 0.2) is 0 Å². The van der Waals surface area contributed by atoms with E-state index in [9.17, 15) is 4.79 Å². The van der Waals surface area contributed by atoms with E-state index in [1.165, 1.54) is 6.42 Å². The highest BCUT2D eigenvalue weighted by molar-refractivity contribution is 5.89. The summed E-state index contributed by atoms with van der Waals surface area (Å²) in [5.41, 5.74) is 0.102. The Labute approximate surface area is 87.3 Å². The lowest BCUT2D eigenvalue weighted by Gasteiger charge is -2.32. The van der Waals surface area contributed by atoms with E-state index in [1.807, 2.05) is 0 Å². The van der Waals surface area contributed by atoms with Crippen molar-refractivity contribution in [1.29, 1.82) is 0 Å². The van der Waals surface area contributed by atoms with Gasteiger partial charge in [-0.15, -0.1) is 0 Å². The van der Waals surface area contributed by atoms with Gasteiger partial charge in [0.1, 0.15) is 5.78 Å². The van der Waals surface area contributed by atoms with Crippen molar-refractivity contribution in [2.75, 3.05) is 0 Å². The van der Waals surface area contributed by atoms with Crippen LogP contribution in [0.4, 0.5) is 0 Å². The molecule has 0 saturated heterocycles. The zero-order chi connectivity index (χ0) is 10.3. The van der Waals surface area contributed by atoms with Crippen LogP contribution in [-0.2, 0) is 4.79 Å². The Morgan fingerprint density at radius 3 is 2.29 bits per heavy atom. The molecular weight excluding hydrogens is 172 g/mol. The average molecular weight is 194 g/mol. The Morgan fingerprint density at radius 1 is 1.14 bits per heavy atom. The predicted octanol–water partition coefficient (Wildman–Crippen LogP) is 3.43. The summed E-state index contributed by atoms with van der Waals surface area (Å²) in [5.74, 6) is 2.55. The fourth-order valence-electron chi connectivity index (χ4n) is 2.71. The summed E-state index contributed by atoms with van der Waals surface area (Å²) in [6, 6.07) is 0. The van der Waals surface area contributed by atoms with Crippen molar-refractivity contribution in [2.45, 2.75) is 52.9 Å². The molecule has 2 rings (SSSR count). The fourth-order valence-corrected chi connectivity index (χ4v) is 2.71. The summed E-state index contributed by atoms with van der Waals surface area (Å²) in [5, 5.41) is 0. The third kappa shape index (κ3) is 1.74. The van der Waals surface area contributed by atoms with E-state index in [0.29, 0.717) is 11.7 Å². The molecule has 2 aliphatic carbocycles. The van der Waals surface area contributed by atoms with Gasteiger partial charge in [0.15, 0.2) is 0 Å². The molecule has 2 aliphatic rings. The molecule has 14 heavy (non-hydrogen) atoms. The Kier molecular flexibility index (Phi) is 2.45. The highest BCUT2D eigenvalue weighted by atomic mass is 16.1. The predicted molar refractivity (Wildman–Crippen MR) is 58.0 cm³/mol. The number of carbonyl (C=O) groups is 1. The van der Waals surface area contributed by atoms with Gasteiger partial charge < -0.3 is 0 Å². The van der Waals surface area contributed by atoms with Crippen LogP contribution < -0.4 is 0 Å². The summed E-state index contributed by atoms with van der Waals surface area (Å²) in [6.07, 6.45) is 5.85. The van der Waals surface area contributed by atoms with Gasteiger partial charge in [-0.3, -0.25) is 4.79 Å². The molecule has 0 N–H and O–H groups in total. The second-order valence-corrected chi connectivity index (χ2v) is 5.89. The maximum atomic E-state index is 12.1. The number of hydrogen-bond acceptors (Lipinski definition) is 1.